The molecule has 2 fully saturated rings. The summed E-state index contributed by atoms with van der Waals surface area (Å²) in [5.74, 6) is -2.29. The third-order valence-electron chi connectivity index (χ3n) is 4.24. The number of carbonyl (C=O) groups is 2. The van der Waals surface area contributed by atoms with Crippen LogP contribution in [0.2, 0.25) is 0 Å². The van der Waals surface area contributed by atoms with Gasteiger partial charge in [-0.2, -0.15) is 0 Å². The van der Waals surface area contributed by atoms with E-state index in [-0.39, 0.29) is 23.9 Å². The summed E-state index contributed by atoms with van der Waals surface area (Å²) >= 11 is 0. The van der Waals surface area contributed by atoms with E-state index in [0.29, 0.717) is 19.5 Å². The molecule has 1 aliphatic carbocycles. The highest BCUT2D eigenvalue weighted by Crippen LogP contribution is 2.41. The number of rotatable bonds is 3. The number of carbonyl (C=O) groups excluding carboxylic acids is 1. The number of nitrogens with zero attached hydrogens (tertiary/aromatic N) is 1. The first-order valence-electron chi connectivity index (χ1n) is 7.38. The number of halogens is 1. The van der Waals surface area contributed by atoms with Crippen LogP contribution in [0.5, 0.6) is 0 Å². The Morgan fingerprint density at radius 3 is 2.50 bits per heavy atom. The summed E-state index contributed by atoms with van der Waals surface area (Å²) in [5, 5.41) is 8.95. The first-order chi connectivity index (χ1) is 10.5. The van der Waals surface area contributed by atoms with Gasteiger partial charge in [0.15, 0.2) is 0 Å². The van der Waals surface area contributed by atoms with Crippen molar-refractivity contribution in [3.8, 4) is 0 Å². The van der Waals surface area contributed by atoms with Gasteiger partial charge in [-0.05, 0) is 31.0 Å². The van der Waals surface area contributed by atoms with E-state index in [1.165, 1.54) is 12.1 Å². The lowest BCUT2D eigenvalue weighted by atomic mass is 10.1. The smallest absolute Gasteiger partial charge is 0.307 e. The van der Waals surface area contributed by atoms with Crippen molar-refractivity contribution in [3.05, 3.63) is 35.6 Å². The number of benzene rings is 1. The molecule has 1 aromatic rings. The molecule has 1 N–H and O–H groups in total. The molecule has 2 aliphatic rings. The van der Waals surface area contributed by atoms with Crippen LogP contribution in [0, 0.1) is 17.7 Å². The summed E-state index contributed by atoms with van der Waals surface area (Å²) < 4.78 is 18.8. The number of aliphatic carboxylic acids is 1. The third-order valence-corrected chi connectivity index (χ3v) is 4.24. The van der Waals surface area contributed by atoms with Crippen molar-refractivity contribution in [1.29, 1.82) is 0 Å². The maximum Gasteiger partial charge on any atom is 0.307 e. The average Bonchev–Trinajstić information content (AvgIpc) is 3.27. The molecule has 1 aromatic carbocycles. The van der Waals surface area contributed by atoms with Crippen LogP contribution in [0.4, 0.5) is 4.39 Å². The Hall–Kier alpha value is -1.95. The molecule has 0 radical (unpaired) electrons. The summed E-state index contributed by atoms with van der Waals surface area (Å²) in [6.07, 6.45) is -0.0358. The lowest BCUT2D eigenvalue weighted by Crippen LogP contribution is -2.46. The lowest BCUT2D eigenvalue weighted by molar-refractivity contribution is -0.149. The summed E-state index contributed by atoms with van der Waals surface area (Å²) in [4.78, 5) is 25.0. The highest BCUT2D eigenvalue weighted by molar-refractivity contribution is 5.89. The zero-order valence-corrected chi connectivity index (χ0v) is 12.2. The van der Waals surface area contributed by atoms with Crippen molar-refractivity contribution in [2.45, 2.75) is 25.6 Å². The van der Waals surface area contributed by atoms with Gasteiger partial charge in [0.2, 0.25) is 5.91 Å². The van der Waals surface area contributed by atoms with Crippen molar-refractivity contribution < 1.29 is 23.8 Å². The van der Waals surface area contributed by atoms with Crippen LogP contribution in [-0.4, -0.2) is 41.1 Å². The normalized spacial score (nSPS) is 30.9. The van der Waals surface area contributed by atoms with Gasteiger partial charge in [0, 0.05) is 6.54 Å². The molecule has 1 saturated heterocycles. The van der Waals surface area contributed by atoms with E-state index in [1.807, 2.05) is 6.92 Å². The molecule has 0 spiro atoms. The predicted molar refractivity (Wildman–Crippen MR) is 75.5 cm³/mol. The van der Waals surface area contributed by atoms with Gasteiger partial charge in [0.25, 0.3) is 0 Å². The summed E-state index contributed by atoms with van der Waals surface area (Å²) in [5.41, 5.74) is 0.816. The molecule has 1 amide bonds. The number of hydrogen-bond donors (Lipinski definition) is 1. The SMILES string of the molecule is CC1CN(C(=O)C2CC2C(=O)O)CC(c2ccc(F)cc2)O1. The molecule has 0 aromatic heterocycles. The fourth-order valence-corrected chi connectivity index (χ4v) is 2.97. The number of morpholine rings is 1. The molecule has 22 heavy (non-hydrogen) atoms. The van der Waals surface area contributed by atoms with Crippen LogP contribution < -0.4 is 0 Å². The minimum Gasteiger partial charge on any atom is -0.481 e. The second-order valence-electron chi connectivity index (χ2n) is 6.02. The van der Waals surface area contributed by atoms with E-state index in [4.69, 9.17) is 9.84 Å². The third kappa shape index (κ3) is 2.97. The maximum absolute atomic E-state index is 13.0. The molecule has 1 aliphatic heterocycles. The van der Waals surface area contributed by atoms with E-state index in [0.717, 1.165) is 5.56 Å². The number of carboxylic acid groups (broad SMARTS) is 1. The van der Waals surface area contributed by atoms with Crippen LogP contribution in [-0.2, 0) is 14.3 Å². The zero-order chi connectivity index (χ0) is 15.9. The fourth-order valence-electron chi connectivity index (χ4n) is 2.97. The van der Waals surface area contributed by atoms with E-state index in [2.05, 4.69) is 0 Å². The molecule has 4 atom stereocenters. The zero-order valence-electron chi connectivity index (χ0n) is 12.2. The second-order valence-corrected chi connectivity index (χ2v) is 6.02. The summed E-state index contributed by atoms with van der Waals surface area (Å²) in [7, 11) is 0. The van der Waals surface area contributed by atoms with Gasteiger partial charge in [0.05, 0.1) is 24.5 Å². The Bertz CT molecular complexity index is 588. The molecule has 0 bridgehead atoms. The minimum absolute atomic E-state index is 0.116. The lowest BCUT2D eigenvalue weighted by Gasteiger charge is -2.37. The first-order valence-corrected chi connectivity index (χ1v) is 7.38. The van der Waals surface area contributed by atoms with E-state index in [9.17, 15) is 14.0 Å². The van der Waals surface area contributed by atoms with Gasteiger partial charge in [0.1, 0.15) is 11.9 Å². The van der Waals surface area contributed by atoms with Crippen molar-refractivity contribution in [2.24, 2.45) is 11.8 Å². The molecule has 1 saturated carbocycles. The average molecular weight is 307 g/mol. The van der Waals surface area contributed by atoms with Gasteiger partial charge in [-0.3, -0.25) is 9.59 Å². The molecule has 4 unspecified atom stereocenters. The Morgan fingerprint density at radius 2 is 1.91 bits per heavy atom. The molecular weight excluding hydrogens is 289 g/mol. The Kier molecular flexibility index (Phi) is 3.87. The molecule has 1 heterocycles. The Labute approximate surface area is 127 Å². The highest BCUT2D eigenvalue weighted by Gasteiger charge is 2.50. The van der Waals surface area contributed by atoms with Crippen LogP contribution in [0.25, 0.3) is 0 Å². The van der Waals surface area contributed by atoms with Gasteiger partial charge < -0.3 is 14.7 Å². The number of ether oxygens (including phenoxy) is 1. The van der Waals surface area contributed by atoms with E-state index in [1.54, 1.807) is 17.0 Å². The second kappa shape index (κ2) is 5.68. The van der Waals surface area contributed by atoms with Gasteiger partial charge in [-0.15, -0.1) is 0 Å². The van der Waals surface area contributed by atoms with Gasteiger partial charge in [-0.25, -0.2) is 4.39 Å². The Morgan fingerprint density at radius 1 is 1.23 bits per heavy atom. The van der Waals surface area contributed by atoms with Crippen molar-refractivity contribution in [1.82, 2.24) is 4.90 Å². The van der Waals surface area contributed by atoms with E-state index >= 15 is 0 Å². The molecule has 6 heteroatoms. The fraction of sp³-hybridized carbons (Fsp3) is 0.500. The van der Waals surface area contributed by atoms with Crippen LogP contribution >= 0.6 is 0 Å². The van der Waals surface area contributed by atoms with Crippen molar-refractivity contribution in [3.63, 3.8) is 0 Å². The predicted octanol–water partition coefficient (Wildman–Crippen LogP) is 1.83. The Balaban J connectivity index is 1.70. The number of hydrogen-bond acceptors (Lipinski definition) is 3. The number of carboxylic acids is 1. The number of amides is 1. The quantitative estimate of drug-likeness (QED) is 0.925. The molecular formula is C16H18FNO4. The van der Waals surface area contributed by atoms with Crippen LogP contribution in [0.3, 0.4) is 0 Å². The van der Waals surface area contributed by atoms with Crippen LogP contribution in [0.15, 0.2) is 24.3 Å². The van der Waals surface area contributed by atoms with Crippen LogP contribution in [0.1, 0.15) is 25.0 Å². The van der Waals surface area contributed by atoms with Crippen molar-refractivity contribution in [2.75, 3.05) is 13.1 Å². The first kappa shape index (κ1) is 15.0. The molecule has 5 nitrogen and oxygen atoms in total. The minimum atomic E-state index is -0.908. The highest BCUT2D eigenvalue weighted by atomic mass is 19.1. The maximum atomic E-state index is 13.0. The summed E-state index contributed by atoms with van der Waals surface area (Å²) in [6.45, 7) is 2.70. The van der Waals surface area contributed by atoms with Gasteiger partial charge >= 0.3 is 5.97 Å². The molecule has 118 valence electrons. The standard InChI is InChI=1S/C16H18FNO4/c1-9-7-18(15(19)12-6-13(12)16(20)21)8-14(22-9)10-2-4-11(17)5-3-10/h2-5,9,12-14H,6-8H2,1H3,(H,20,21). The topological polar surface area (TPSA) is 66.8 Å². The summed E-state index contributed by atoms with van der Waals surface area (Å²) in [6, 6.07) is 6.03. The largest absolute Gasteiger partial charge is 0.481 e. The molecule has 3 rings (SSSR count). The van der Waals surface area contributed by atoms with E-state index < -0.39 is 17.8 Å². The van der Waals surface area contributed by atoms with Gasteiger partial charge in [-0.1, -0.05) is 12.1 Å². The monoisotopic (exact) mass is 307 g/mol. The van der Waals surface area contributed by atoms with Crippen molar-refractivity contribution >= 4 is 11.9 Å².